The molecule has 12 heteroatoms. The van der Waals surface area contributed by atoms with Crippen molar-refractivity contribution in [3.05, 3.63) is 12.7 Å². The molecule has 0 amide bonds. The second-order valence-electron chi connectivity index (χ2n) is 7.28. The topological polar surface area (TPSA) is 141 Å². The van der Waals surface area contributed by atoms with Crippen molar-refractivity contribution in [2.75, 3.05) is 18.5 Å². The summed E-state index contributed by atoms with van der Waals surface area (Å²) in [6.07, 6.45) is 5.14. The third kappa shape index (κ3) is 4.30. The van der Waals surface area contributed by atoms with E-state index in [2.05, 4.69) is 27.2 Å². The Morgan fingerprint density at radius 3 is 2.93 bits per heavy atom. The molecule has 2 fully saturated rings. The molecule has 29 heavy (non-hydrogen) atoms. The fourth-order valence-electron chi connectivity index (χ4n) is 3.67. The number of ether oxygens (including phenoxy) is 1. The SMILES string of the molecule is CCCCCCCNc1ncnc2c1ncn2[C@@H]1O[C@@H]2COP(=O)(O)O[C@H]2[C@H]1O. The van der Waals surface area contributed by atoms with E-state index in [1.165, 1.54) is 31.9 Å². The molecule has 0 radical (unpaired) electrons. The zero-order chi connectivity index (χ0) is 20.4. The third-order valence-electron chi connectivity index (χ3n) is 5.17. The molecule has 3 N–H and O–H groups in total. The molecule has 5 atom stereocenters. The number of phosphoric ester groups is 1. The summed E-state index contributed by atoms with van der Waals surface area (Å²) in [6.45, 7) is 2.83. The van der Waals surface area contributed by atoms with Crippen LogP contribution >= 0.6 is 7.82 Å². The molecule has 2 aliphatic rings. The molecule has 0 aliphatic carbocycles. The highest BCUT2D eigenvalue weighted by Gasteiger charge is 2.52. The van der Waals surface area contributed by atoms with E-state index in [0.717, 1.165) is 19.4 Å². The predicted octanol–water partition coefficient (Wildman–Crippen LogP) is 1.98. The molecular formula is C17H26N5O6P. The first-order valence-electron chi connectivity index (χ1n) is 9.91. The largest absolute Gasteiger partial charge is 0.472 e. The van der Waals surface area contributed by atoms with E-state index in [1.54, 1.807) is 4.57 Å². The first-order chi connectivity index (χ1) is 14.0. The lowest BCUT2D eigenvalue weighted by Crippen LogP contribution is -2.39. The molecule has 2 aromatic heterocycles. The van der Waals surface area contributed by atoms with Gasteiger partial charge < -0.3 is 20.1 Å². The normalized spacial score (nSPS) is 31.8. The average molecular weight is 427 g/mol. The summed E-state index contributed by atoms with van der Waals surface area (Å²) in [5.41, 5.74) is 1.06. The highest BCUT2D eigenvalue weighted by atomic mass is 31.2. The van der Waals surface area contributed by atoms with Crippen molar-refractivity contribution < 1.29 is 28.3 Å². The third-order valence-corrected chi connectivity index (χ3v) is 6.16. The van der Waals surface area contributed by atoms with Crippen molar-refractivity contribution in [1.82, 2.24) is 19.5 Å². The Morgan fingerprint density at radius 1 is 1.28 bits per heavy atom. The van der Waals surface area contributed by atoms with Crippen LogP contribution in [-0.4, -0.2) is 61.0 Å². The molecular weight excluding hydrogens is 401 g/mol. The maximum absolute atomic E-state index is 11.7. The van der Waals surface area contributed by atoms with Gasteiger partial charge in [0.05, 0.1) is 12.9 Å². The van der Waals surface area contributed by atoms with Gasteiger partial charge in [-0.2, -0.15) is 0 Å². The summed E-state index contributed by atoms with van der Waals surface area (Å²) in [7, 11) is -4.18. The first kappa shape index (κ1) is 20.6. The Balaban J connectivity index is 1.47. The van der Waals surface area contributed by atoms with Crippen LogP contribution in [0, 0.1) is 0 Å². The number of hydrogen-bond acceptors (Lipinski definition) is 9. The number of imidazole rings is 1. The van der Waals surface area contributed by atoms with Crippen LogP contribution in [0.3, 0.4) is 0 Å². The molecule has 1 unspecified atom stereocenters. The van der Waals surface area contributed by atoms with Gasteiger partial charge in [-0.15, -0.1) is 0 Å². The van der Waals surface area contributed by atoms with Crippen LogP contribution in [-0.2, 0) is 18.3 Å². The molecule has 0 aromatic carbocycles. The summed E-state index contributed by atoms with van der Waals surface area (Å²) >= 11 is 0. The molecule has 2 aliphatic heterocycles. The van der Waals surface area contributed by atoms with E-state index in [4.69, 9.17) is 13.8 Å². The zero-order valence-electron chi connectivity index (χ0n) is 16.2. The number of rotatable bonds is 8. The number of anilines is 1. The molecule has 2 saturated heterocycles. The lowest BCUT2D eigenvalue weighted by molar-refractivity contribution is -0.0664. The summed E-state index contributed by atoms with van der Waals surface area (Å²) < 4.78 is 28.8. The number of fused-ring (bicyclic) bond motifs is 2. The molecule has 160 valence electrons. The van der Waals surface area contributed by atoms with E-state index in [0.29, 0.717) is 17.0 Å². The van der Waals surface area contributed by atoms with Crippen LogP contribution < -0.4 is 5.32 Å². The van der Waals surface area contributed by atoms with Crippen LogP contribution in [0.4, 0.5) is 5.82 Å². The monoisotopic (exact) mass is 427 g/mol. The fourth-order valence-corrected chi connectivity index (χ4v) is 4.63. The standard InChI is InChI=1S/C17H26N5O6P/c1-2-3-4-5-6-7-18-15-12-16(20-9-19-15)22(10-21-12)17-13(23)14-11(27-17)8-26-29(24,25)28-14/h9-11,13-14,17,23H,2-8H2,1H3,(H,24,25)(H,18,19,20)/t11-,13-,14-,17-/m1/s1. The Hall–Kier alpha value is -1.62. The molecule has 4 heterocycles. The second kappa shape index (κ2) is 8.63. The summed E-state index contributed by atoms with van der Waals surface area (Å²) in [5.74, 6) is 0.619. The van der Waals surface area contributed by atoms with Gasteiger partial charge in [0, 0.05) is 6.54 Å². The zero-order valence-corrected chi connectivity index (χ0v) is 17.1. The van der Waals surface area contributed by atoms with E-state index >= 15 is 0 Å². The van der Waals surface area contributed by atoms with Crippen molar-refractivity contribution in [3.8, 4) is 0 Å². The number of unbranched alkanes of at least 4 members (excludes halogenated alkanes) is 4. The molecule has 11 nitrogen and oxygen atoms in total. The van der Waals surface area contributed by atoms with Gasteiger partial charge in [-0.1, -0.05) is 32.6 Å². The minimum atomic E-state index is -4.18. The maximum atomic E-state index is 11.7. The molecule has 0 spiro atoms. The highest BCUT2D eigenvalue weighted by Crippen LogP contribution is 2.52. The summed E-state index contributed by atoms with van der Waals surface area (Å²) in [6, 6.07) is 0. The number of aliphatic hydroxyl groups excluding tert-OH is 1. The Labute approximate surface area is 168 Å². The van der Waals surface area contributed by atoms with Gasteiger partial charge in [-0.05, 0) is 6.42 Å². The number of phosphoric acid groups is 1. The van der Waals surface area contributed by atoms with Crippen LogP contribution in [0.15, 0.2) is 12.7 Å². The van der Waals surface area contributed by atoms with Crippen LogP contribution in [0.2, 0.25) is 0 Å². The lowest BCUT2D eigenvalue weighted by Gasteiger charge is -2.27. The van der Waals surface area contributed by atoms with Crippen LogP contribution in [0.25, 0.3) is 11.2 Å². The molecule has 4 rings (SSSR count). The van der Waals surface area contributed by atoms with Gasteiger partial charge in [-0.3, -0.25) is 13.6 Å². The van der Waals surface area contributed by atoms with Crippen LogP contribution in [0.5, 0.6) is 0 Å². The Morgan fingerprint density at radius 2 is 2.10 bits per heavy atom. The van der Waals surface area contributed by atoms with Crippen molar-refractivity contribution in [3.63, 3.8) is 0 Å². The van der Waals surface area contributed by atoms with Gasteiger partial charge in [0.1, 0.15) is 24.6 Å². The van der Waals surface area contributed by atoms with E-state index in [1.807, 2.05) is 0 Å². The first-order valence-corrected chi connectivity index (χ1v) is 11.4. The molecule has 2 aromatic rings. The number of aliphatic hydroxyl groups is 1. The second-order valence-corrected chi connectivity index (χ2v) is 8.68. The van der Waals surface area contributed by atoms with E-state index < -0.39 is 32.4 Å². The van der Waals surface area contributed by atoms with Crippen molar-refractivity contribution in [2.45, 2.75) is 63.6 Å². The maximum Gasteiger partial charge on any atom is 0.472 e. The van der Waals surface area contributed by atoms with Gasteiger partial charge in [0.15, 0.2) is 23.2 Å². The quantitative estimate of drug-likeness (QED) is 0.423. The van der Waals surface area contributed by atoms with Gasteiger partial charge in [0.25, 0.3) is 0 Å². The fraction of sp³-hybridized carbons (Fsp3) is 0.706. The number of nitrogens with zero attached hydrogens (tertiary/aromatic N) is 4. The summed E-state index contributed by atoms with van der Waals surface area (Å²) in [5, 5.41) is 13.9. The smallest absolute Gasteiger partial charge is 0.386 e. The number of aromatic nitrogens is 4. The minimum absolute atomic E-state index is 0.140. The Bertz CT molecular complexity index is 894. The van der Waals surface area contributed by atoms with Gasteiger partial charge >= 0.3 is 7.82 Å². The van der Waals surface area contributed by atoms with Crippen molar-refractivity contribution in [1.29, 1.82) is 0 Å². The van der Waals surface area contributed by atoms with Crippen molar-refractivity contribution in [2.24, 2.45) is 0 Å². The van der Waals surface area contributed by atoms with Gasteiger partial charge in [0.2, 0.25) is 0 Å². The predicted molar refractivity (Wildman–Crippen MR) is 103 cm³/mol. The number of nitrogens with one attached hydrogen (secondary N) is 1. The average Bonchev–Trinajstić information content (AvgIpc) is 3.26. The van der Waals surface area contributed by atoms with Crippen LogP contribution in [0.1, 0.15) is 45.3 Å². The van der Waals surface area contributed by atoms with Gasteiger partial charge in [-0.25, -0.2) is 19.5 Å². The molecule has 0 bridgehead atoms. The molecule has 0 saturated carbocycles. The van der Waals surface area contributed by atoms with Crippen molar-refractivity contribution >= 4 is 24.8 Å². The summed E-state index contributed by atoms with van der Waals surface area (Å²) in [4.78, 5) is 22.4. The Kier molecular flexibility index (Phi) is 6.14. The highest BCUT2D eigenvalue weighted by molar-refractivity contribution is 7.47. The number of hydrogen-bond donors (Lipinski definition) is 3. The van der Waals surface area contributed by atoms with E-state index in [-0.39, 0.29) is 6.61 Å². The minimum Gasteiger partial charge on any atom is -0.386 e. The lowest BCUT2D eigenvalue weighted by atomic mass is 10.1. The van der Waals surface area contributed by atoms with E-state index in [9.17, 15) is 14.6 Å².